The van der Waals surface area contributed by atoms with Crippen molar-refractivity contribution < 1.29 is 14.3 Å². The van der Waals surface area contributed by atoms with Crippen LogP contribution in [0.5, 0.6) is 11.5 Å². The summed E-state index contributed by atoms with van der Waals surface area (Å²) in [5.41, 5.74) is 6.66. The largest absolute Gasteiger partial charge is 0.490 e. The van der Waals surface area contributed by atoms with Crippen LogP contribution in [-0.4, -0.2) is 25.3 Å². The molecule has 0 spiro atoms. The fraction of sp³-hybridized carbons (Fsp3) is 0.364. The van der Waals surface area contributed by atoms with E-state index in [1.807, 2.05) is 45.0 Å². The number of aryl methyl sites for hydroxylation is 2. The van der Waals surface area contributed by atoms with Gasteiger partial charge in [-0.15, -0.1) is 0 Å². The number of hydrogen-bond acceptors (Lipinski definition) is 4. The van der Waals surface area contributed by atoms with Crippen molar-refractivity contribution >= 4 is 28.1 Å². The molecule has 1 N–H and O–H groups in total. The van der Waals surface area contributed by atoms with Crippen molar-refractivity contribution in [2.75, 3.05) is 13.2 Å². The molecule has 5 nitrogen and oxygen atoms in total. The lowest BCUT2D eigenvalue weighted by atomic mass is 10.0. The molecule has 0 aliphatic carbocycles. The third-order valence-electron chi connectivity index (χ3n) is 4.03. The average Bonchev–Trinajstić information content (AvgIpc) is 2.64. The van der Waals surface area contributed by atoms with E-state index < -0.39 is 0 Å². The summed E-state index contributed by atoms with van der Waals surface area (Å²) < 4.78 is 12.2. The van der Waals surface area contributed by atoms with Gasteiger partial charge in [0.25, 0.3) is 0 Å². The van der Waals surface area contributed by atoms with Gasteiger partial charge in [-0.05, 0) is 71.9 Å². The van der Waals surface area contributed by atoms with Gasteiger partial charge in [0.05, 0.1) is 30.3 Å². The maximum Gasteiger partial charge on any atom is 0.244 e. The van der Waals surface area contributed by atoms with Gasteiger partial charge in [-0.25, -0.2) is 5.43 Å². The molecule has 0 saturated carbocycles. The predicted octanol–water partition coefficient (Wildman–Crippen LogP) is 4.95. The molecule has 0 atom stereocenters. The van der Waals surface area contributed by atoms with Crippen molar-refractivity contribution in [2.45, 2.75) is 40.5 Å². The first-order valence-corrected chi connectivity index (χ1v) is 10.2. The molecule has 2 aromatic rings. The zero-order valence-corrected chi connectivity index (χ0v) is 18.4. The molecule has 0 aliphatic rings. The highest BCUT2D eigenvalue weighted by atomic mass is 79.9. The van der Waals surface area contributed by atoms with Gasteiger partial charge in [-0.2, -0.15) is 5.10 Å². The van der Waals surface area contributed by atoms with Crippen LogP contribution < -0.4 is 14.9 Å². The van der Waals surface area contributed by atoms with Crippen LogP contribution in [0.1, 0.15) is 42.5 Å². The number of nitrogens with zero attached hydrogens (tertiary/aromatic N) is 1. The summed E-state index contributed by atoms with van der Waals surface area (Å²) in [7, 11) is 0. The lowest BCUT2D eigenvalue weighted by Gasteiger charge is -2.14. The minimum absolute atomic E-state index is 0.157. The molecule has 0 heterocycles. The number of ether oxygens (including phenoxy) is 2. The SMILES string of the molecule is CCCOc1c(Br)cc(/C=N\NC(=O)Cc2ccc(C)cc2C)cc1OCC. The fourth-order valence-corrected chi connectivity index (χ4v) is 3.28. The van der Waals surface area contributed by atoms with Gasteiger partial charge in [0.2, 0.25) is 5.91 Å². The summed E-state index contributed by atoms with van der Waals surface area (Å²) in [6, 6.07) is 9.79. The minimum Gasteiger partial charge on any atom is -0.490 e. The molecule has 28 heavy (non-hydrogen) atoms. The molecule has 0 aliphatic heterocycles. The van der Waals surface area contributed by atoms with E-state index in [4.69, 9.17) is 9.47 Å². The van der Waals surface area contributed by atoms with Crippen LogP contribution in [0.4, 0.5) is 0 Å². The molecule has 0 saturated heterocycles. The van der Waals surface area contributed by atoms with E-state index in [1.165, 1.54) is 5.56 Å². The molecule has 0 bridgehead atoms. The van der Waals surface area contributed by atoms with Crippen LogP contribution >= 0.6 is 15.9 Å². The van der Waals surface area contributed by atoms with E-state index in [2.05, 4.69) is 39.4 Å². The second-order valence-electron chi connectivity index (χ2n) is 6.51. The molecule has 1 amide bonds. The first-order chi connectivity index (χ1) is 13.4. The van der Waals surface area contributed by atoms with E-state index in [0.29, 0.717) is 31.1 Å². The summed E-state index contributed by atoms with van der Waals surface area (Å²) in [6.07, 6.45) is 2.80. The third kappa shape index (κ3) is 6.37. The van der Waals surface area contributed by atoms with Gasteiger partial charge < -0.3 is 9.47 Å². The number of nitrogens with one attached hydrogen (secondary N) is 1. The molecular weight excluding hydrogens is 420 g/mol. The Morgan fingerprint density at radius 1 is 1.18 bits per heavy atom. The van der Waals surface area contributed by atoms with Crippen LogP contribution in [0.15, 0.2) is 39.9 Å². The van der Waals surface area contributed by atoms with E-state index in [-0.39, 0.29) is 5.91 Å². The Morgan fingerprint density at radius 2 is 1.96 bits per heavy atom. The smallest absolute Gasteiger partial charge is 0.244 e. The lowest BCUT2D eigenvalue weighted by Crippen LogP contribution is -2.20. The number of hydrogen-bond donors (Lipinski definition) is 1. The van der Waals surface area contributed by atoms with Gasteiger partial charge in [0, 0.05) is 0 Å². The van der Waals surface area contributed by atoms with Gasteiger partial charge in [-0.3, -0.25) is 4.79 Å². The maximum atomic E-state index is 12.2. The monoisotopic (exact) mass is 446 g/mol. The highest BCUT2D eigenvalue weighted by Gasteiger charge is 2.12. The maximum absolute atomic E-state index is 12.2. The molecule has 0 radical (unpaired) electrons. The standard InChI is InChI=1S/C22H27BrN2O3/c1-5-9-28-22-19(23)11-17(12-20(22)27-6-2)14-24-25-21(26)13-18-8-7-15(3)10-16(18)4/h7-8,10-12,14H,5-6,9,13H2,1-4H3,(H,25,26)/b24-14-. The second-order valence-corrected chi connectivity index (χ2v) is 7.37. The fourth-order valence-electron chi connectivity index (χ4n) is 2.71. The Morgan fingerprint density at radius 3 is 2.64 bits per heavy atom. The van der Waals surface area contributed by atoms with E-state index >= 15 is 0 Å². The number of rotatable bonds is 9. The van der Waals surface area contributed by atoms with E-state index in [0.717, 1.165) is 27.6 Å². The summed E-state index contributed by atoms with van der Waals surface area (Å²) in [5, 5.41) is 4.08. The average molecular weight is 447 g/mol. The zero-order chi connectivity index (χ0) is 20.5. The minimum atomic E-state index is -0.157. The molecule has 0 fully saturated rings. The Bertz CT molecular complexity index is 850. The number of carbonyl (C=O) groups excluding carboxylic acids is 1. The van der Waals surface area contributed by atoms with Crippen molar-refractivity contribution in [3.05, 3.63) is 57.1 Å². The number of amides is 1. The van der Waals surface area contributed by atoms with Crippen molar-refractivity contribution in [3.8, 4) is 11.5 Å². The molecular formula is C22H27BrN2O3. The summed E-state index contributed by atoms with van der Waals surface area (Å²) in [6.45, 7) is 9.16. The van der Waals surface area contributed by atoms with Crippen LogP contribution in [0.2, 0.25) is 0 Å². The van der Waals surface area contributed by atoms with Crippen LogP contribution in [0.25, 0.3) is 0 Å². The van der Waals surface area contributed by atoms with Crippen LogP contribution in [0.3, 0.4) is 0 Å². The molecule has 0 unspecified atom stereocenters. The third-order valence-corrected chi connectivity index (χ3v) is 4.62. The summed E-state index contributed by atoms with van der Waals surface area (Å²) >= 11 is 3.52. The van der Waals surface area contributed by atoms with Gasteiger partial charge in [0.1, 0.15) is 0 Å². The molecule has 2 aromatic carbocycles. The van der Waals surface area contributed by atoms with E-state index in [1.54, 1.807) is 6.21 Å². The Labute approximate surface area is 175 Å². The summed E-state index contributed by atoms with van der Waals surface area (Å²) in [5.74, 6) is 1.17. The summed E-state index contributed by atoms with van der Waals surface area (Å²) in [4.78, 5) is 12.2. The predicted molar refractivity (Wildman–Crippen MR) is 116 cm³/mol. The molecule has 150 valence electrons. The molecule has 6 heteroatoms. The van der Waals surface area contributed by atoms with Gasteiger partial charge in [0.15, 0.2) is 11.5 Å². The zero-order valence-electron chi connectivity index (χ0n) is 16.8. The topological polar surface area (TPSA) is 59.9 Å². The number of benzene rings is 2. The van der Waals surface area contributed by atoms with Gasteiger partial charge in [-0.1, -0.05) is 30.7 Å². The van der Waals surface area contributed by atoms with Crippen LogP contribution in [-0.2, 0) is 11.2 Å². The van der Waals surface area contributed by atoms with Gasteiger partial charge >= 0.3 is 0 Å². The Kier molecular flexibility index (Phi) is 8.51. The Balaban J connectivity index is 2.05. The highest BCUT2D eigenvalue weighted by Crippen LogP contribution is 2.36. The number of carbonyl (C=O) groups is 1. The normalized spacial score (nSPS) is 10.9. The van der Waals surface area contributed by atoms with Crippen molar-refractivity contribution in [1.82, 2.24) is 5.43 Å². The first-order valence-electron chi connectivity index (χ1n) is 9.41. The Hall–Kier alpha value is -2.34. The molecule has 0 aromatic heterocycles. The molecule has 2 rings (SSSR count). The van der Waals surface area contributed by atoms with Crippen molar-refractivity contribution in [2.24, 2.45) is 5.10 Å². The van der Waals surface area contributed by atoms with Crippen molar-refractivity contribution in [1.29, 1.82) is 0 Å². The van der Waals surface area contributed by atoms with E-state index in [9.17, 15) is 4.79 Å². The number of halogens is 1. The highest BCUT2D eigenvalue weighted by molar-refractivity contribution is 9.10. The van der Waals surface area contributed by atoms with Crippen molar-refractivity contribution in [3.63, 3.8) is 0 Å². The lowest BCUT2D eigenvalue weighted by molar-refractivity contribution is -0.120. The second kappa shape index (κ2) is 10.9. The quantitative estimate of drug-likeness (QED) is 0.437. The van der Waals surface area contributed by atoms with Crippen LogP contribution in [0, 0.1) is 13.8 Å². The first kappa shape index (κ1) is 22.0. The number of hydrazone groups is 1.